The molecule has 5 rings (SSSR count). The van der Waals surface area contributed by atoms with Crippen LogP contribution in [0.1, 0.15) is 37.4 Å². The molecule has 0 saturated heterocycles. The highest BCUT2D eigenvalue weighted by atomic mass is 19.1. The first kappa shape index (κ1) is 21.2. The predicted molar refractivity (Wildman–Crippen MR) is 123 cm³/mol. The van der Waals surface area contributed by atoms with E-state index in [-0.39, 0.29) is 23.5 Å². The van der Waals surface area contributed by atoms with Crippen LogP contribution in [0.2, 0.25) is 0 Å². The SMILES string of the molecule is COc1cccc(Oc2ccc(-c3nc(C4CCC(O)CC4)n4ccnc(N)c34)cc2)c1F. The molecule has 170 valence electrons. The van der Waals surface area contributed by atoms with Crippen molar-refractivity contribution < 1.29 is 19.0 Å². The predicted octanol–water partition coefficient (Wildman–Crippen LogP) is 4.94. The molecule has 2 aromatic carbocycles. The van der Waals surface area contributed by atoms with E-state index < -0.39 is 5.82 Å². The van der Waals surface area contributed by atoms with Gasteiger partial charge in [-0.3, -0.25) is 4.40 Å². The Morgan fingerprint density at radius 3 is 2.52 bits per heavy atom. The first-order chi connectivity index (χ1) is 16.0. The molecule has 1 aliphatic carbocycles. The largest absolute Gasteiger partial charge is 0.494 e. The number of ether oxygens (including phenoxy) is 2. The number of rotatable bonds is 5. The van der Waals surface area contributed by atoms with E-state index in [9.17, 15) is 9.50 Å². The van der Waals surface area contributed by atoms with Gasteiger partial charge in [-0.05, 0) is 62.1 Å². The third-order valence-corrected chi connectivity index (χ3v) is 6.18. The molecule has 3 N–H and O–H groups in total. The minimum Gasteiger partial charge on any atom is -0.494 e. The van der Waals surface area contributed by atoms with Crippen LogP contribution in [0.25, 0.3) is 16.8 Å². The van der Waals surface area contributed by atoms with Crippen LogP contribution in [-0.2, 0) is 0 Å². The number of aliphatic hydroxyl groups is 1. The van der Waals surface area contributed by atoms with E-state index in [1.807, 2.05) is 22.7 Å². The molecule has 1 fully saturated rings. The number of aliphatic hydroxyl groups excluding tert-OH is 1. The minimum atomic E-state index is -0.551. The van der Waals surface area contributed by atoms with Crippen LogP contribution >= 0.6 is 0 Å². The van der Waals surface area contributed by atoms with Crippen LogP contribution in [0.3, 0.4) is 0 Å². The zero-order valence-corrected chi connectivity index (χ0v) is 18.2. The summed E-state index contributed by atoms with van der Waals surface area (Å²) in [5, 5.41) is 9.89. The maximum atomic E-state index is 14.4. The van der Waals surface area contributed by atoms with Crippen molar-refractivity contribution >= 4 is 11.3 Å². The van der Waals surface area contributed by atoms with Gasteiger partial charge in [-0.15, -0.1) is 0 Å². The smallest absolute Gasteiger partial charge is 0.207 e. The summed E-state index contributed by atoms with van der Waals surface area (Å²) >= 11 is 0. The number of methoxy groups -OCH3 is 1. The molecular weight excluding hydrogens is 423 g/mol. The van der Waals surface area contributed by atoms with Crippen LogP contribution in [0.5, 0.6) is 17.2 Å². The van der Waals surface area contributed by atoms with Gasteiger partial charge in [0.15, 0.2) is 11.5 Å². The van der Waals surface area contributed by atoms with E-state index in [0.29, 0.717) is 11.6 Å². The lowest BCUT2D eigenvalue weighted by Crippen LogP contribution is -2.18. The van der Waals surface area contributed by atoms with Crippen LogP contribution in [-0.4, -0.2) is 32.7 Å². The van der Waals surface area contributed by atoms with Crippen LogP contribution in [0.15, 0.2) is 54.9 Å². The van der Waals surface area contributed by atoms with Gasteiger partial charge in [0.25, 0.3) is 0 Å². The van der Waals surface area contributed by atoms with Gasteiger partial charge < -0.3 is 20.3 Å². The maximum Gasteiger partial charge on any atom is 0.207 e. The van der Waals surface area contributed by atoms with Gasteiger partial charge in [0.2, 0.25) is 5.82 Å². The van der Waals surface area contributed by atoms with Gasteiger partial charge in [0.05, 0.1) is 13.2 Å². The van der Waals surface area contributed by atoms with Crippen molar-refractivity contribution in [2.24, 2.45) is 0 Å². The second-order valence-electron chi connectivity index (χ2n) is 8.25. The van der Waals surface area contributed by atoms with Gasteiger partial charge in [0.1, 0.15) is 28.6 Å². The Bertz CT molecular complexity index is 1280. The molecule has 4 aromatic rings. The van der Waals surface area contributed by atoms with Crippen molar-refractivity contribution in [3.8, 4) is 28.5 Å². The number of aromatic nitrogens is 3. The Kier molecular flexibility index (Phi) is 5.60. The Balaban J connectivity index is 1.48. The summed E-state index contributed by atoms with van der Waals surface area (Å²) in [4.78, 5) is 9.23. The fraction of sp³-hybridized carbons (Fsp3) is 0.280. The lowest BCUT2D eigenvalue weighted by molar-refractivity contribution is 0.121. The normalized spacial score (nSPS) is 18.4. The van der Waals surface area contributed by atoms with Gasteiger partial charge >= 0.3 is 0 Å². The van der Waals surface area contributed by atoms with E-state index in [1.165, 1.54) is 13.2 Å². The van der Waals surface area contributed by atoms with E-state index in [4.69, 9.17) is 20.2 Å². The molecule has 7 nitrogen and oxygen atoms in total. The van der Waals surface area contributed by atoms with Crippen molar-refractivity contribution in [1.82, 2.24) is 14.4 Å². The molecule has 0 amide bonds. The Hall–Kier alpha value is -3.65. The minimum absolute atomic E-state index is 0.0877. The molecule has 8 heteroatoms. The molecule has 0 atom stereocenters. The zero-order chi connectivity index (χ0) is 22.9. The summed E-state index contributed by atoms with van der Waals surface area (Å²) in [6.07, 6.45) is 6.60. The third-order valence-electron chi connectivity index (χ3n) is 6.18. The van der Waals surface area contributed by atoms with Gasteiger partial charge in [-0.25, -0.2) is 9.97 Å². The van der Waals surface area contributed by atoms with E-state index >= 15 is 0 Å². The molecule has 33 heavy (non-hydrogen) atoms. The highest BCUT2D eigenvalue weighted by Crippen LogP contribution is 2.37. The average molecular weight is 448 g/mol. The molecule has 2 aromatic heterocycles. The zero-order valence-electron chi connectivity index (χ0n) is 18.2. The van der Waals surface area contributed by atoms with Crippen molar-refractivity contribution in [3.63, 3.8) is 0 Å². The fourth-order valence-corrected chi connectivity index (χ4v) is 4.45. The quantitative estimate of drug-likeness (QED) is 0.449. The first-order valence-electron chi connectivity index (χ1n) is 11.0. The van der Waals surface area contributed by atoms with E-state index in [2.05, 4.69) is 4.98 Å². The molecule has 1 aliphatic rings. The number of benzene rings is 2. The summed E-state index contributed by atoms with van der Waals surface area (Å²) in [6, 6.07) is 12.0. The molecule has 0 bridgehead atoms. The fourth-order valence-electron chi connectivity index (χ4n) is 4.45. The number of hydrogen-bond donors (Lipinski definition) is 2. The number of nitrogens with zero attached hydrogens (tertiary/aromatic N) is 3. The molecule has 1 saturated carbocycles. The highest BCUT2D eigenvalue weighted by Gasteiger charge is 2.26. The van der Waals surface area contributed by atoms with Crippen molar-refractivity contribution in [1.29, 1.82) is 0 Å². The van der Waals surface area contributed by atoms with Crippen molar-refractivity contribution in [2.45, 2.75) is 37.7 Å². The summed E-state index contributed by atoms with van der Waals surface area (Å²) in [6.45, 7) is 0. The third kappa shape index (κ3) is 3.98. The maximum absolute atomic E-state index is 14.4. The monoisotopic (exact) mass is 448 g/mol. The molecule has 0 radical (unpaired) electrons. The number of nitrogens with two attached hydrogens (primary N) is 1. The Morgan fingerprint density at radius 2 is 1.79 bits per heavy atom. The topological polar surface area (TPSA) is 94.9 Å². The number of fused-ring (bicyclic) bond motifs is 1. The highest BCUT2D eigenvalue weighted by molar-refractivity contribution is 5.85. The second kappa shape index (κ2) is 8.71. The molecule has 0 aliphatic heterocycles. The standard InChI is InChI=1S/C25H25FN4O3/c1-32-19-3-2-4-20(21(19)26)33-18-11-7-15(8-12-18)22-23-24(27)28-13-14-30(23)25(29-22)16-5-9-17(31)10-6-16/h2-4,7-8,11-14,16-17,31H,5-6,9-10H2,1H3,(H2,27,28). The summed E-state index contributed by atoms with van der Waals surface area (Å²) < 4.78 is 27.2. The number of imidazole rings is 1. The number of nitrogen functional groups attached to an aromatic ring is 1. The summed E-state index contributed by atoms with van der Waals surface area (Å²) in [5.41, 5.74) is 8.59. The second-order valence-corrected chi connectivity index (χ2v) is 8.25. The van der Waals surface area contributed by atoms with Crippen LogP contribution < -0.4 is 15.2 Å². The summed E-state index contributed by atoms with van der Waals surface area (Å²) in [7, 11) is 1.41. The number of anilines is 1. The summed E-state index contributed by atoms with van der Waals surface area (Å²) in [5.74, 6) is 1.73. The number of halogens is 1. The van der Waals surface area contributed by atoms with Crippen molar-refractivity contribution in [3.05, 3.63) is 66.5 Å². The van der Waals surface area contributed by atoms with Gasteiger partial charge in [0, 0.05) is 23.9 Å². The molecule has 2 heterocycles. The van der Waals surface area contributed by atoms with Crippen molar-refractivity contribution in [2.75, 3.05) is 12.8 Å². The first-order valence-corrected chi connectivity index (χ1v) is 11.0. The molecule has 0 unspecified atom stereocenters. The lowest BCUT2D eigenvalue weighted by atomic mass is 9.87. The molecular formula is C25H25FN4O3. The Labute approximate surface area is 190 Å². The number of hydrogen-bond acceptors (Lipinski definition) is 6. The van der Waals surface area contributed by atoms with Gasteiger partial charge in [-0.2, -0.15) is 4.39 Å². The Morgan fingerprint density at radius 1 is 1.06 bits per heavy atom. The molecule has 0 spiro atoms. The van der Waals surface area contributed by atoms with Gasteiger partial charge in [-0.1, -0.05) is 6.07 Å². The average Bonchev–Trinajstić information content (AvgIpc) is 3.22. The van der Waals surface area contributed by atoms with E-state index in [0.717, 1.165) is 48.3 Å². The lowest BCUT2D eigenvalue weighted by Gasteiger charge is -2.24. The van der Waals surface area contributed by atoms with Crippen LogP contribution in [0, 0.1) is 5.82 Å². The van der Waals surface area contributed by atoms with Crippen LogP contribution in [0.4, 0.5) is 10.2 Å². The van der Waals surface area contributed by atoms with E-state index in [1.54, 1.807) is 30.5 Å².